The Morgan fingerprint density at radius 3 is 2.38 bits per heavy atom. The van der Waals surface area contributed by atoms with E-state index in [9.17, 15) is 0 Å². The van der Waals surface area contributed by atoms with Gasteiger partial charge < -0.3 is 30.2 Å². The first-order valence-electron chi connectivity index (χ1n) is 8.77. The highest BCUT2D eigenvalue weighted by molar-refractivity contribution is 5.87. The van der Waals surface area contributed by atoms with Gasteiger partial charge in [-0.1, -0.05) is 12.1 Å². The number of hydrogen-bond donors (Lipinski definition) is 3. The SMILES string of the molecule is COc1cc(Nc2nc(-c3cccc(N)c3)nc3nc[nH]c23)cc(OC)c1OC. The van der Waals surface area contributed by atoms with Crippen molar-refractivity contribution >= 4 is 28.4 Å². The van der Waals surface area contributed by atoms with Crippen LogP contribution in [-0.2, 0) is 0 Å². The van der Waals surface area contributed by atoms with Crippen LogP contribution in [0.3, 0.4) is 0 Å². The monoisotopic (exact) mass is 392 g/mol. The van der Waals surface area contributed by atoms with Crippen molar-refractivity contribution in [3.63, 3.8) is 0 Å². The standard InChI is InChI=1S/C20H20N6O3/c1-27-14-8-13(9-15(28-2)17(14)29-3)24-20-16-19(23-10-22-16)25-18(26-20)11-5-4-6-12(21)7-11/h4-10H,21H2,1-3H3,(H2,22,23,24,25,26). The third-order valence-corrected chi connectivity index (χ3v) is 4.36. The highest BCUT2D eigenvalue weighted by Crippen LogP contribution is 2.41. The van der Waals surface area contributed by atoms with E-state index in [0.717, 1.165) is 5.56 Å². The van der Waals surface area contributed by atoms with E-state index in [2.05, 4.69) is 25.3 Å². The van der Waals surface area contributed by atoms with Crippen LogP contribution >= 0.6 is 0 Å². The van der Waals surface area contributed by atoms with Crippen LogP contribution in [0.15, 0.2) is 42.7 Å². The number of ether oxygens (including phenoxy) is 3. The summed E-state index contributed by atoms with van der Waals surface area (Å²) < 4.78 is 16.2. The average molecular weight is 392 g/mol. The Balaban J connectivity index is 1.81. The Morgan fingerprint density at radius 2 is 1.72 bits per heavy atom. The molecule has 2 heterocycles. The molecule has 0 amide bonds. The number of H-pyrrole nitrogens is 1. The Morgan fingerprint density at radius 1 is 0.966 bits per heavy atom. The second kappa shape index (κ2) is 7.55. The lowest BCUT2D eigenvalue weighted by molar-refractivity contribution is 0.324. The molecule has 4 N–H and O–H groups in total. The fourth-order valence-electron chi connectivity index (χ4n) is 3.02. The topological polar surface area (TPSA) is 120 Å². The molecular weight excluding hydrogens is 372 g/mol. The first-order valence-corrected chi connectivity index (χ1v) is 8.77. The fourth-order valence-corrected chi connectivity index (χ4v) is 3.02. The van der Waals surface area contributed by atoms with Crippen molar-refractivity contribution in [3.8, 4) is 28.6 Å². The summed E-state index contributed by atoms with van der Waals surface area (Å²) >= 11 is 0. The smallest absolute Gasteiger partial charge is 0.203 e. The van der Waals surface area contributed by atoms with E-state index < -0.39 is 0 Å². The summed E-state index contributed by atoms with van der Waals surface area (Å²) in [7, 11) is 4.69. The van der Waals surface area contributed by atoms with Crippen molar-refractivity contribution in [3.05, 3.63) is 42.7 Å². The van der Waals surface area contributed by atoms with Crippen LogP contribution in [0.25, 0.3) is 22.6 Å². The maximum Gasteiger partial charge on any atom is 0.203 e. The van der Waals surface area contributed by atoms with Crippen molar-refractivity contribution in [1.29, 1.82) is 0 Å². The number of methoxy groups -OCH3 is 3. The largest absolute Gasteiger partial charge is 0.493 e. The van der Waals surface area contributed by atoms with Crippen molar-refractivity contribution in [2.75, 3.05) is 32.4 Å². The van der Waals surface area contributed by atoms with Gasteiger partial charge in [0, 0.05) is 29.1 Å². The van der Waals surface area contributed by atoms with Crippen LogP contribution < -0.4 is 25.3 Å². The van der Waals surface area contributed by atoms with Gasteiger partial charge in [0.05, 0.1) is 27.7 Å². The van der Waals surface area contributed by atoms with Crippen LogP contribution in [0.4, 0.5) is 17.2 Å². The number of aromatic nitrogens is 4. The van der Waals surface area contributed by atoms with Crippen molar-refractivity contribution < 1.29 is 14.2 Å². The molecule has 0 unspecified atom stereocenters. The highest BCUT2D eigenvalue weighted by Gasteiger charge is 2.16. The van der Waals surface area contributed by atoms with Gasteiger partial charge in [-0.2, -0.15) is 0 Å². The summed E-state index contributed by atoms with van der Waals surface area (Å²) in [5.74, 6) is 2.63. The Kier molecular flexibility index (Phi) is 4.78. The van der Waals surface area contributed by atoms with Gasteiger partial charge in [0.15, 0.2) is 28.8 Å². The molecule has 0 saturated carbocycles. The Labute approximate surface area is 166 Å². The predicted molar refractivity (Wildman–Crippen MR) is 111 cm³/mol. The second-order valence-electron chi connectivity index (χ2n) is 6.16. The molecular formula is C20H20N6O3. The van der Waals surface area contributed by atoms with Gasteiger partial charge in [0.2, 0.25) is 5.75 Å². The summed E-state index contributed by atoms with van der Waals surface area (Å²) in [4.78, 5) is 16.5. The third kappa shape index (κ3) is 3.45. The normalized spacial score (nSPS) is 10.7. The number of hydrogen-bond acceptors (Lipinski definition) is 8. The van der Waals surface area contributed by atoms with E-state index >= 15 is 0 Å². The molecule has 2 aromatic heterocycles. The van der Waals surface area contributed by atoms with Gasteiger partial charge in [0.25, 0.3) is 0 Å². The van der Waals surface area contributed by atoms with Crippen LogP contribution in [0.1, 0.15) is 0 Å². The third-order valence-electron chi connectivity index (χ3n) is 4.36. The maximum atomic E-state index is 5.91. The molecule has 0 aliphatic rings. The molecule has 29 heavy (non-hydrogen) atoms. The van der Waals surface area contributed by atoms with E-state index in [0.29, 0.717) is 51.4 Å². The first kappa shape index (κ1) is 18.4. The molecule has 9 heteroatoms. The lowest BCUT2D eigenvalue weighted by atomic mass is 10.2. The van der Waals surface area contributed by atoms with Gasteiger partial charge in [-0.25, -0.2) is 15.0 Å². The average Bonchev–Trinajstić information content (AvgIpc) is 3.22. The van der Waals surface area contributed by atoms with E-state index in [1.165, 1.54) is 0 Å². The Hall–Kier alpha value is -4.01. The van der Waals surface area contributed by atoms with Gasteiger partial charge in [-0.15, -0.1) is 0 Å². The van der Waals surface area contributed by atoms with Crippen LogP contribution in [0.2, 0.25) is 0 Å². The summed E-state index contributed by atoms with van der Waals surface area (Å²) in [5, 5.41) is 3.29. The molecule has 9 nitrogen and oxygen atoms in total. The molecule has 0 atom stereocenters. The van der Waals surface area contributed by atoms with Crippen LogP contribution in [0, 0.1) is 0 Å². The van der Waals surface area contributed by atoms with Gasteiger partial charge in [-0.05, 0) is 12.1 Å². The number of nitrogens with zero attached hydrogens (tertiary/aromatic N) is 3. The van der Waals surface area contributed by atoms with Gasteiger partial charge in [-0.3, -0.25) is 0 Å². The highest BCUT2D eigenvalue weighted by atomic mass is 16.5. The predicted octanol–water partition coefficient (Wildman–Crippen LogP) is 3.37. The number of imidazole rings is 1. The number of aromatic amines is 1. The van der Waals surface area contributed by atoms with Gasteiger partial charge in [0.1, 0.15) is 5.52 Å². The molecule has 0 saturated heterocycles. The number of nitrogen functional groups attached to an aromatic ring is 1. The summed E-state index contributed by atoms with van der Waals surface area (Å²) in [6.07, 6.45) is 1.57. The maximum absolute atomic E-state index is 5.91. The van der Waals surface area contributed by atoms with E-state index in [-0.39, 0.29) is 0 Å². The van der Waals surface area contributed by atoms with Crippen molar-refractivity contribution in [2.45, 2.75) is 0 Å². The van der Waals surface area contributed by atoms with Crippen molar-refractivity contribution in [1.82, 2.24) is 19.9 Å². The molecule has 0 aliphatic carbocycles. The zero-order chi connectivity index (χ0) is 20.4. The quantitative estimate of drug-likeness (QED) is 0.427. The van der Waals surface area contributed by atoms with Crippen LogP contribution in [0.5, 0.6) is 17.2 Å². The van der Waals surface area contributed by atoms with Crippen LogP contribution in [-0.4, -0.2) is 41.3 Å². The molecule has 0 fully saturated rings. The van der Waals surface area contributed by atoms with Crippen molar-refractivity contribution in [2.24, 2.45) is 0 Å². The second-order valence-corrected chi connectivity index (χ2v) is 6.16. The van der Waals surface area contributed by atoms with E-state index in [4.69, 9.17) is 19.9 Å². The number of rotatable bonds is 6. The lowest BCUT2D eigenvalue weighted by Crippen LogP contribution is -2.01. The molecule has 4 rings (SSSR count). The number of benzene rings is 2. The number of fused-ring (bicyclic) bond motifs is 1. The minimum absolute atomic E-state index is 0.506. The summed E-state index contributed by atoms with van der Waals surface area (Å²) in [6, 6.07) is 11.0. The molecule has 2 aromatic carbocycles. The summed E-state index contributed by atoms with van der Waals surface area (Å²) in [6.45, 7) is 0. The molecule has 0 spiro atoms. The zero-order valence-corrected chi connectivity index (χ0v) is 16.2. The number of anilines is 3. The Bertz CT molecular complexity index is 1150. The molecule has 0 radical (unpaired) electrons. The van der Waals surface area contributed by atoms with E-state index in [1.807, 2.05) is 24.3 Å². The molecule has 4 aromatic rings. The molecule has 0 aliphatic heterocycles. The lowest BCUT2D eigenvalue weighted by Gasteiger charge is -2.15. The first-order chi connectivity index (χ1) is 14.1. The molecule has 148 valence electrons. The fraction of sp³-hybridized carbons (Fsp3) is 0.150. The number of nitrogens with one attached hydrogen (secondary N) is 2. The van der Waals surface area contributed by atoms with E-state index in [1.54, 1.807) is 39.8 Å². The molecule has 0 bridgehead atoms. The minimum Gasteiger partial charge on any atom is -0.493 e. The number of nitrogens with two attached hydrogens (primary N) is 1. The summed E-state index contributed by atoms with van der Waals surface area (Å²) in [5.41, 5.74) is 9.24. The minimum atomic E-state index is 0.506. The van der Waals surface area contributed by atoms with Gasteiger partial charge >= 0.3 is 0 Å². The zero-order valence-electron chi connectivity index (χ0n) is 16.2.